The van der Waals surface area contributed by atoms with Gasteiger partial charge in [0.25, 0.3) is 5.91 Å². The first kappa shape index (κ1) is 18.2. The number of halogens is 1. The molecule has 1 aromatic carbocycles. The summed E-state index contributed by atoms with van der Waals surface area (Å²) in [5.41, 5.74) is 0.638. The van der Waals surface area contributed by atoms with E-state index in [1.54, 1.807) is 0 Å². The molecule has 0 bridgehead atoms. The minimum absolute atomic E-state index is 0.124. The van der Waals surface area contributed by atoms with Gasteiger partial charge in [-0.05, 0) is 51.7 Å². The Morgan fingerprint density at radius 1 is 1.00 bits per heavy atom. The van der Waals surface area contributed by atoms with Crippen LogP contribution in [0.5, 0.6) is 0 Å². The molecule has 25 heavy (non-hydrogen) atoms. The Morgan fingerprint density at radius 3 is 2.04 bits per heavy atom. The van der Waals surface area contributed by atoms with Gasteiger partial charge in [-0.2, -0.15) is 0 Å². The van der Waals surface area contributed by atoms with Gasteiger partial charge in [0.15, 0.2) is 0 Å². The maximum absolute atomic E-state index is 13.2. The summed E-state index contributed by atoms with van der Waals surface area (Å²) in [6.45, 7) is 8.57. The van der Waals surface area contributed by atoms with Crippen molar-refractivity contribution in [2.45, 2.75) is 69.6 Å². The van der Waals surface area contributed by atoms with Gasteiger partial charge in [-0.25, -0.2) is 4.79 Å². The third-order valence-electron chi connectivity index (χ3n) is 4.93. The van der Waals surface area contributed by atoms with Crippen molar-refractivity contribution in [3.63, 3.8) is 0 Å². The molecule has 5 nitrogen and oxygen atoms in total. The molecular weight excluding hydrogens is 338 g/mol. The summed E-state index contributed by atoms with van der Waals surface area (Å²) in [4.78, 5) is 27.1. The van der Waals surface area contributed by atoms with E-state index in [0.29, 0.717) is 18.7 Å². The molecule has 0 atom stereocenters. The van der Waals surface area contributed by atoms with Gasteiger partial charge >= 0.3 is 6.03 Å². The zero-order valence-corrected chi connectivity index (χ0v) is 16.0. The molecule has 2 aliphatic heterocycles. The Labute approximate surface area is 154 Å². The topological polar surface area (TPSA) is 61.4 Å². The lowest BCUT2D eigenvalue weighted by atomic mass is 9.71. The van der Waals surface area contributed by atoms with Gasteiger partial charge in [0.2, 0.25) is 0 Å². The molecule has 2 N–H and O–H groups in total. The highest BCUT2D eigenvalue weighted by atomic mass is 35.5. The van der Waals surface area contributed by atoms with Crippen LogP contribution in [0, 0.1) is 0 Å². The van der Waals surface area contributed by atoms with E-state index in [9.17, 15) is 9.59 Å². The first-order valence-corrected chi connectivity index (χ1v) is 9.17. The molecule has 0 radical (unpaired) electrons. The fraction of sp³-hybridized carbons (Fsp3) is 0.579. The Morgan fingerprint density at radius 2 is 1.52 bits per heavy atom. The molecule has 0 saturated carbocycles. The smallest absolute Gasteiger partial charge is 0.323 e. The molecule has 2 fully saturated rings. The molecule has 136 valence electrons. The maximum atomic E-state index is 13.2. The van der Waals surface area contributed by atoms with Gasteiger partial charge in [0.05, 0.1) is 6.54 Å². The molecule has 1 spiro atoms. The summed E-state index contributed by atoms with van der Waals surface area (Å²) in [5.74, 6) is 0.325. The largest absolute Gasteiger partial charge is 0.325 e. The third-order valence-corrected chi connectivity index (χ3v) is 5.24. The SMILES string of the molecule is CC1(C)CC2(CC(C)(C)N1)NC(=O)N(Cc1ccc(CCl)cc1)C2=O. The van der Waals surface area contributed by atoms with Gasteiger partial charge in [-0.1, -0.05) is 24.3 Å². The summed E-state index contributed by atoms with van der Waals surface area (Å²) in [5, 5.41) is 6.56. The lowest BCUT2D eigenvalue weighted by Crippen LogP contribution is -2.68. The highest BCUT2D eigenvalue weighted by Gasteiger charge is 2.58. The molecule has 3 amide bonds. The molecule has 0 aromatic heterocycles. The van der Waals surface area contributed by atoms with Crippen molar-refractivity contribution in [1.82, 2.24) is 15.5 Å². The first-order valence-electron chi connectivity index (χ1n) is 8.63. The number of hydrogen-bond donors (Lipinski definition) is 2. The molecule has 2 aliphatic rings. The van der Waals surface area contributed by atoms with Crippen LogP contribution in [0.3, 0.4) is 0 Å². The summed E-state index contributed by atoms with van der Waals surface area (Å²) < 4.78 is 0. The molecule has 0 aliphatic carbocycles. The Kier molecular flexibility index (Phi) is 4.36. The van der Waals surface area contributed by atoms with Crippen LogP contribution in [0.4, 0.5) is 4.79 Å². The summed E-state index contributed by atoms with van der Waals surface area (Å²) in [7, 11) is 0. The Balaban J connectivity index is 1.84. The number of carbonyl (C=O) groups is 2. The lowest BCUT2D eigenvalue weighted by Gasteiger charge is -2.50. The number of benzene rings is 1. The second-order valence-electron chi connectivity index (χ2n) is 8.60. The molecule has 2 saturated heterocycles. The Bertz CT molecular complexity index is 681. The number of imide groups is 1. The average Bonchev–Trinajstić information content (AvgIpc) is 2.68. The third kappa shape index (κ3) is 3.53. The van der Waals surface area contributed by atoms with Gasteiger partial charge in [-0.3, -0.25) is 9.69 Å². The number of carbonyl (C=O) groups excluding carboxylic acids is 2. The van der Waals surface area contributed by atoms with Crippen molar-refractivity contribution >= 4 is 23.5 Å². The van der Waals surface area contributed by atoms with Crippen molar-refractivity contribution in [3.8, 4) is 0 Å². The normalized spacial score (nSPS) is 23.8. The summed E-state index contributed by atoms with van der Waals surface area (Å²) >= 11 is 5.81. The van der Waals surface area contributed by atoms with Crippen LogP contribution in [0.15, 0.2) is 24.3 Å². The minimum Gasteiger partial charge on any atom is -0.323 e. The van der Waals surface area contributed by atoms with E-state index in [1.807, 2.05) is 24.3 Å². The van der Waals surface area contributed by atoms with Crippen LogP contribution in [0.2, 0.25) is 0 Å². The van der Waals surface area contributed by atoms with E-state index < -0.39 is 5.54 Å². The number of hydrogen-bond acceptors (Lipinski definition) is 3. The van der Waals surface area contributed by atoms with Gasteiger partial charge in [0, 0.05) is 17.0 Å². The molecule has 6 heteroatoms. The van der Waals surface area contributed by atoms with E-state index in [1.165, 1.54) is 4.90 Å². The monoisotopic (exact) mass is 363 g/mol. The molecule has 2 heterocycles. The highest BCUT2D eigenvalue weighted by molar-refractivity contribution is 6.17. The number of nitrogens with one attached hydrogen (secondary N) is 2. The maximum Gasteiger partial charge on any atom is 0.325 e. The van der Waals surface area contributed by atoms with E-state index in [0.717, 1.165) is 11.1 Å². The number of urea groups is 1. The van der Waals surface area contributed by atoms with Crippen LogP contribution in [0.25, 0.3) is 0 Å². The predicted octanol–water partition coefficient (Wildman–Crippen LogP) is 3.16. The fourth-order valence-electron chi connectivity index (χ4n) is 4.55. The Hall–Kier alpha value is -1.59. The summed E-state index contributed by atoms with van der Waals surface area (Å²) in [6.07, 6.45) is 1.16. The second-order valence-corrected chi connectivity index (χ2v) is 8.87. The van der Waals surface area contributed by atoms with Crippen molar-refractivity contribution in [3.05, 3.63) is 35.4 Å². The van der Waals surface area contributed by atoms with Gasteiger partial charge in [0.1, 0.15) is 5.54 Å². The van der Waals surface area contributed by atoms with Gasteiger partial charge < -0.3 is 10.6 Å². The van der Waals surface area contributed by atoms with Crippen molar-refractivity contribution in [2.24, 2.45) is 0 Å². The zero-order valence-electron chi connectivity index (χ0n) is 15.3. The number of nitrogens with zero attached hydrogens (tertiary/aromatic N) is 1. The molecule has 0 unspecified atom stereocenters. The quantitative estimate of drug-likeness (QED) is 0.640. The second kappa shape index (κ2) is 5.99. The van der Waals surface area contributed by atoms with Crippen LogP contribution < -0.4 is 10.6 Å². The number of rotatable bonds is 3. The van der Waals surface area contributed by atoms with Crippen molar-refractivity contribution < 1.29 is 9.59 Å². The zero-order chi connectivity index (χ0) is 18.5. The average molecular weight is 364 g/mol. The molecule has 3 rings (SSSR count). The van der Waals surface area contributed by atoms with E-state index in [2.05, 4.69) is 38.3 Å². The van der Waals surface area contributed by atoms with Crippen LogP contribution in [-0.2, 0) is 17.2 Å². The van der Waals surface area contributed by atoms with Crippen LogP contribution >= 0.6 is 11.6 Å². The van der Waals surface area contributed by atoms with Crippen molar-refractivity contribution in [1.29, 1.82) is 0 Å². The highest BCUT2D eigenvalue weighted by Crippen LogP contribution is 2.40. The fourth-order valence-corrected chi connectivity index (χ4v) is 4.73. The van der Waals surface area contributed by atoms with Crippen LogP contribution in [0.1, 0.15) is 51.7 Å². The number of piperidine rings is 1. The van der Waals surface area contributed by atoms with E-state index >= 15 is 0 Å². The lowest BCUT2D eigenvalue weighted by molar-refractivity contribution is -0.135. The summed E-state index contributed by atoms with van der Waals surface area (Å²) in [6, 6.07) is 7.37. The van der Waals surface area contributed by atoms with E-state index in [4.69, 9.17) is 11.6 Å². The van der Waals surface area contributed by atoms with Crippen molar-refractivity contribution in [2.75, 3.05) is 0 Å². The molecule has 1 aromatic rings. The van der Waals surface area contributed by atoms with Crippen LogP contribution in [-0.4, -0.2) is 33.5 Å². The van der Waals surface area contributed by atoms with Gasteiger partial charge in [-0.15, -0.1) is 11.6 Å². The first-order chi connectivity index (χ1) is 11.6. The standard InChI is InChI=1S/C19H26ClN3O2/c1-17(2)11-19(12-18(3,4)22-17)15(24)23(16(25)21-19)10-14-7-5-13(9-20)6-8-14/h5-8,22H,9-12H2,1-4H3,(H,21,25). The predicted molar refractivity (Wildman–Crippen MR) is 98.3 cm³/mol. The van der Waals surface area contributed by atoms with E-state index in [-0.39, 0.29) is 29.6 Å². The number of amides is 3. The number of alkyl halides is 1. The molecular formula is C19H26ClN3O2. The minimum atomic E-state index is -0.828.